The van der Waals surface area contributed by atoms with Gasteiger partial charge < -0.3 is 16.0 Å². The topological polar surface area (TPSA) is 110 Å². The molecule has 0 aliphatic heterocycles. The Kier molecular flexibility index (Phi) is 6.30. The average molecular weight is 399 g/mol. The largest absolute Gasteiger partial charge is 0.368 e. The molecule has 29 heavy (non-hydrogen) atoms. The van der Waals surface area contributed by atoms with Crippen molar-refractivity contribution in [1.29, 1.82) is 0 Å². The van der Waals surface area contributed by atoms with E-state index in [9.17, 15) is 0 Å². The molecule has 0 radical (unpaired) electrons. The second-order valence-corrected chi connectivity index (χ2v) is 7.18. The maximum absolute atomic E-state index is 4.49. The maximum atomic E-state index is 4.49. The lowest BCUT2D eigenvalue weighted by Gasteiger charge is -2.18. The fourth-order valence-corrected chi connectivity index (χ4v) is 3.36. The molecule has 3 heterocycles. The van der Waals surface area contributed by atoms with Gasteiger partial charge in [0.2, 0.25) is 0 Å². The third-order valence-electron chi connectivity index (χ3n) is 5.02. The van der Waals surface area contributed by atoms with E-state index in [1.807, 2.05) is 18.8 Å². The number of nitrogens with one attached hydrogen (secondary N) is 3. The van der Waals surface area contributed by atoms with Gasteiger partial charge in [0.1, 0.15) is 12.1 Å². The summed E-state index contributed by atoms with van der Waals surface area (Å²) in [7, 11) is 5.62. The molecule has 0 fully saturated rings. The quantitative estimate of drug-likeness (QED) is 0.308. The van der Waals surface area contributed by atoms with Gasteiger partial charge in [-0.15, -0.1) is 0 Å². The summed E-state index contributed by atoms with van der Waals surface area (Å²) in [5.74, 6) is 1.55. The number of anilines is 1. The van der Waals surface area contributed by atoms with Crippen molar-refractivity contribution in [1.82, 2.24) is 40.2 Å². The van der Waals surface area contributed by atoms with E-state index >= 15 is 0 Å². The van der Waals surface area contributed by atoms with Gasteiger partial charge in [-0.05, 0) is 32.8 Å². The van der Waals surface area contributed by atoms with Crippen LogP contribution in [0, 0.1) is 13.8 Å². The Morgan fingerprint density at radius 3 is 2.66 bits per heavy atom. The molecular formula is C19H30N10. The van der Waals surface area contributed by atoms with Crippen LogP contribution in [0.3, 0.4) is 0 Å². The number of aliphatic imine (C=N–C) groups is 1. The highest BCUT2D eigenvalue weighted by molar-refractivity contribution is 5.86. The lowest BCUT2D eigenvalue weighted by atomic mass is 10.1. The first-order valence-corrected chi connectivity index (χ1v) is 9.73. The normalized spacial score (nSPS) is 13.0. The van der Waals surface area contributed by atoms with Gasteiger partial charge in [0.05, 0.1) is 17.3 Å². The summed E-state index contributed by atoms with van der Waals surface area (Å²) in [5.41, 5.74) is 4.38. The molecule has 0 amide bonds. The number of fused-ring (bicyclic) bond motifs is 1. The van der Waals surface area contributed by atoms with E-state index in [-0.39, 0.29) is 6.04 Å². The van der Waals surface area contributed by atoms with E-state index in [1.54, 1.807) is 24.3 Å². The molecular weight excluding hydrogens is 368 g/mol. The van der Waals surface area contributed by atoms with Crippen molar-refractivity contribution < 1.29 is 0 Å². The molecule has 0 aromatic carbocycles. The second-order valence-electron chi connectivity index (χ2n) is 7.18. The van der Waals surface area contributed by atoms with Crippen molar-refractivity contribution >= 4 is 22.8 Å². The third-order valence-corrected chi connectivity index (χ3v) is 5.02. The summed E-state index contributed by atoms with van der Waals surface area (Å²) in [4.78, 5) is 12.9. The summed E-state index contributed by atoms with van der Waals surface area (Å²) in [6.07, 6.45) is 4.21. The lowest BCUT2D eigenvalue weighted by molar-refractivity contribution is 0.637. The SMILES string of the molecule is CN=C(NCCNc1ncnc2c1cnn2C)NC(C)Cc1c(C)nn(C)c1C. The van der Waals surface area contributed by atoms with Gasteiger partial charge in [-0.3, -0.25) is 14.4 Å². The van der Waals surface area contributed by atoms with Crippen LogP contribution in [0.15, 0.2) is 17.5 Å². The standard InChI is InChI=1S/C19H30N10/c1-12(9-15-13(2)27-28(5)14(15)3)26-19(20-4)22-8-7-21-17-16-10-25-29(6)18(16)24-11-23-17/h10-12H,7-9H2,1-6H3,(H2,20,22,26)(H,21,23,24). The van der Waals surface area contributed by atoms with Crippen molar-refractivity contribution in [3.63, 3.8) is 0 Å². The van der Waals surface area contributed by atoms with Crippen molar-refractivity contribution in [2.75, 3.05) is 25.5 Å². The molecule has 0 saturated carbocycles. The van der Waals surface area contributed by atoms with E-state index in [0.29, 0.717) is 13.1 Å². The molecule has 10 nitrogen and oxygen atoms in total. The molecule has 0 aliphatic rings. The monoisotopic (exact) mass is 398 g/mol. The van der Waals surface area contributed by atoms with Gasteiger partial charge in [0.25, 0.3) is 0 Å². The third kappa shape index (κ3) is 4.64. The zero-order valence-corrected chi connectivity index (χ0v) is 18.0. The molecule has 3 aromatic rings. The smallest absolute Gasteiger partial charge is 0.191 e. The first kappa shape index (κ1) is 20.6. The van der Waals surface area contributed by atoms with E-state index < -0.39 is 0 Å². The zero-order chi connectivity index (χ0) is 21.0. The molecule has 1 unspecified atom stereocenters. The zero-order valence-electron chi connectivity index (χ0n) is 18.0. The van der Waals surface area contributed by atoms with Gasteiger partial charge in [-0.25, -0.2) is 9.97 Å². The number of rotatable bonds is 7. The Morgan fingerprint density at radius 1 is 1.17 bits per heavy atom. The Morgan fingerprint density at radius 2 is 1.97 bits per heavy atom. The Hall–Kier alpha value is -3.17. The molecule has 3 aromatic heterocycles. The van der Waals surface area contributed by atoms with Crippen LogP contribution in [-0.2, 0) is 20.5 Å². The molecule has 0 saturated heterocycles. The fraction of sp³-hybridized carbons (Fsp3) is 0.526. The number of hydrogen-bond donors (Lipinski definition) is 3. The summed E-state index contributed by atoms with van der Waals surface area (Å²) < 4.78 is 3.67. The minimum atomic E-state index is 0.229. The summed E-state index contributed by atoms with van der Waals surface area (Å²) in [5, 5.41) is 19.7. The Bertz CT molecular complexity index is 1000. The van der Waals surface area contributed by atoms with Gasteiger partial charge in [0.15, 0.2) is 11.6 Å². The molecule has 10 heteroatoms. The lowest BCUT2D eigenvalue weighted by Crippen LogP contribution is -2.44. The van der Waals surface area contributed by atoms with Gasteiger partial charge in [-0.2, -0.15) is 10.2 Å². The number of aromatic nitrogens is 6. The second kappa shape index (κ2) is 8.89. The minimum absolute atomic E-state index is 0.229. The molecule has 0 bridgehead atoms. The molecule has 1 atom stereocenters. The van der Waals surface area contributed by atoms with Crippen molar-refractivity contribution in [2.45, 2.75) is 33.2 Å². The van der Waals surface area contributed by atoms with Crippen LogP contribution in [0.1, 0.15) is 23.9 Å². The summed E-state index contributed by atoms with van der Waals surface area (Å²) >= 11 is 0. The first-order chi connectivity index (χ1) is 13.9. The minimum Gasteiger partial charge on any atom is -0.368 e. The highest BCUT2D eigenvalue weighted by Crippen LogP contribution is 2.17. The molecule has 0 aliphatic carbocycles. The predicted molar refractivity (Wildman–Crippen MR) is 115 cm³/mol. The number of nitrogens with zero attached hydrogens (tertiary/aromatic N) is 7. The van der Waals surface area contributed by atoms with Crippen molar-refractivity contribution in [2.24, 2.45) is 19.1 Å². The Labute approximate surface area is 170 Å². The van der Waals surface area contributed by atoms with Crippen LogP contribution < -0.4 is 16.0 Å². The predicted octanol–water partition coefficient (Wildman–Crippen LogP) is 0.922. The van der Waals surface area contributed by atoms with Gasteiger partial charge >= 0.3 is 0 Å². The summed E-state index contributed by atoms with van der Waals surface area (Å²) in [6.45, 7) is 7.70. The van der Waals surface area contributed by atoms with E-state index in [1.165, 1.54) is 11.3 Å². The van der Waals surface area contributed by atoms with Crippen LogP contribution >= 0.6 is 0 Å². The summed E-state index contributed by atoms with van der Waals surface area (Å²) in [6, 6.07) is 0.229. The highest BCUT2D eigenvalue weighted by atomic mass is 15.3. The first-order valence-electron chi connectivity index (χ1n) is 9.73. The fourth-order valence-electron chi connectivity index (χ4n) is 3.36. The van der Waals surface area contributed by atoms with Gasteiger partial charge in [0, 0.05) is 46.0 Å². The van der Waals surface area contributed by atoms with Crippen molar-refractivity contribution in [3.8, 4) is 0 Å². The van der Waals surface area contributed by atoms with Crippen LogP contribution in [0.5, 0.6) is 0 Å². The number of aryl methyl sites for hydroxylation is 3. The van der Waals surface area contributed by atoms with E-state index in [4.69, 9.17) is 0 Å². The van der Waals surface area contributed by atoms with E-state index in [2.05, 4.69) is 61.9 Å². The number of guanidine groups is 1. The highest BCUT2D eigenvalue weighted by Gasteiger charge is 2.14. The van der Waals surface area contributed by atoms with Crippen LogP contribution in [0.2, 0.25) is 0 Å². The van der Waals surface area contributed by atoms with E-state index in [0.717, 1.165) is 34.9 Å². The average Bonchev–Trinajstić information content (AvgIpc) is 3.19. The van der Waals surface area contributed by atoms with Crippen LogP contribution in [-0.4, -0.2) is 61.7 Å². The van der Waals surface area contributed by atoms with Crippen LogP contribution in [0.4, 0.5) is 5.82 Å². The molecule has 3 rings (SSSR count). The number of hydrogen-bond acceptors (Lipinski definition) is 6. The molecule has 0 spiro atoms. The molecule has 3 N–H and O–H groups in total. The van der Waals surface area contributed by atoms with Crippen LogP contribution in [0.25, 0.3) is 11.0 Å². The Balaban J connectivity index is 1.49. The van der Waals surface area contributed by atoms with Gasteiger partial charge in [-0.1, -0.05) is 0 Å². The van der Waals surface area contributed by atoms with Crippen molar-refractivity contribution in [3.05, 3.63) is 29.5 Å². The molecule has 156 valence electrons. The maximum Gasteiger partial charge on any atom is 0.191 e.